The van der Waals surface area contributed by atoms with E-state index in [0.717, 1.165) is 11.1 Å². The van der Waals surface area contributed by atoms with Crippen LogP contribution >= 0.6 is 12.4 Å². The Hall–Kier alpha value is -4.36. The Labute approximate surface area is 194 Å². The number of hydrogen-bond acceptors (Lipinski definition) is 4. The maximum atomic E-state index is 13.2. The number of benzene rings is 3. The van der Waals surface area contributed by atoms with Crippen LogP contribution in [0.2, 0.25) is 0 Å². The van der Waals surface area contributed by atoms with E-state index in [1.54, 1.807) is 23.0 Å². The quantitative estimate of drug-likeness (QED) is 0.353. The van der Waals surface area contributed by atoms with Crippen molar-refractivity contribution in [2.75, 3.05) is 5.32 Å². The first kappa shape index (κ1) is 21.9. The molecular formula is C25H18ClN3O4. The lowest BCUT2D eigenvalue weighted by atomic mass is 10.1. The zero-order chi connectivity index (χ0) is 22.1. The summed E-state index contributed by atoms with van der Waals surface area (Å²) >= 11 is 0. The fourth-order valence-corrected chi connectivity index (χ4v) is 3.43. The fourth-order valence-electron chi connectivity index (χ4n) is 3.43. The molecule has 2 heterocycles. The average molecular weight is 460 g/mol. The number of para-hydroxylation sites is 2. The minimum atomic E-state index is -1.03. The summed E-state index contributed by atoms with van der Waals surface area (Å²) in [5.74, 6) is -0.933. The van der Waals surface area contributed by atoms with Gasteiger partial charge in [-0.3, -0.25) is 4.79 Å². The van der Waals surface area contributed by atoms with Gasteiger partial charge in [0.25, 0.3) is 5.91 Å². The van der Waals surface area contributed by atoms with E-state index >= 15 is 0 Å². The van der Waals surface area contributed by atoms with Crippen molar-refractivity contribution in [3.05, 3.63) is 102 Å². The number of halogens is 1. The molecule has 1 amide bonds. The van der Waals surface area contributed by atoms with Gasteiger partial charge in [-0.05, 0) is 48.5 Å². The van der Waals surface area contributed by atoms with Gasteiger partial charge in [0.15, 0.2) is 5.76 Å². The lowest BCUT2D eigenvalue weighted by Crippen LogP contribution is -2.12. The van der Waals surface area contributed by atoms with E-state index in [0.29, 0.717) is 28.3 Å². The molecule has 0 aliphatic rings. The number of aromatic nitrogens is 2. The number of nitrogens with zero attached hydrogens (tertiary/aromatic N) is 2. The summed E-state index contributed by atoms with van der Waals surface area (Å²) in [6.45, 7) is 0. The Morgan fingerprint density at radius 1 is 0.909 bits per heavy atom. The van der Waals surface area contributed by atoms with Gasteiger partial charge in [-0.1, -0.05) is 36.4 Å². The first-order valence-corrected chi connectivity index (χ1v) is 9.87. The minimum absolute atomic E-state index is 0. The van der Waals surface area contributed by atoms with Crippen LogP contribution in [-0.4, -0.2) is 26.8 Å². The van der Waals surface area contributed by atoms with Gasteiger partial charge in [0.05, 0.1) is 16.8 Å². The largest absolute Gasteiger partial charge is 0.478 e. The van der Waals surface area contributed by atoms with Crippen molar-refractivity contribution < 1.29 is 19.1 Å². The number of nitrogens with one attached hydrogen (secondary N) is 1. The van der Waals surface area contributed by atoms with Crippen molar-refractivity contribution in [2.45, 2.75) is 0 Å². The molecule has 8 heteroatoms. The van der Waals surface area contributed by atoms with Crippen LogP contribution in [0.25, 0.3) is 28.1 Å². The maximum Gasteiger partial charge on any atom is 0.335 e. The van der Waals surface area contributed by atoms with Crippen molar-refractivity contribution in [1.82, 2.24) is 9.78 Å². The van der Waals surface area contributed by atoms with Gasteiger partial charge < -0.3 is 14.8 Å². The second kappa shape index (κ2) is 9.02. The summed E-state index contributed by atoms with van der Waals surface area (Å²) in [7, 11) is 0. The van der Waals surface area contributed by atoms with Gasteiger partial charge in [-0.25, -0.2) is 9.48 Å². The highest BCUT2D eigenvalue weighted by Crippen LogP contribution is 2.30. The van der Waals surface area contributed by atoms with Gasteiger partial charge in [0.2, 0.25) is 0 Å². The highest BCUT2D eigenvalue weighted by molar-refractivity contribution is 6.08. The molecule has 0 radical (unpaired) electrons. The van der Waals surface area contributed by atoms with E-state index in [9.17, 15) is 9.59 Å². The van der Waals surface area contributed by atoms with E-state index in [-0.39, 0.29) is 23.9 Å². The van der Waals surface area contributed by atoms with Crippen LogP contribution in [0.4, 0.5) is 5.69 Å². The number of carbonyl (C=O) groups is 2. The first-order chi connectivity index (χ1) is 15.6. The van der Waals surface area contributed by atoms with Crippen LogP contribution in [-0.2, 0) is 0 Å². The molecular weight excluding hydrogens is 442 g/mol. The molecule has 33 heavy (non-hydrogen) atoms. The van der Waals surface area contributed by atoms with E-state index in [1.165, 1.54) is 12.1 Å². The van der Waals surface area contributed by atoms with Crippen LogP contribution < -0.4 is 5.32 Å². The number of hydrogen-bond donors (Lipinski definition) is 2. The normalized spacial score (nSPS) is 10.5. The van der Waals surface area contributed by atoms with Crippen molar-refractivity contribution in [2.24, 2.45) is 0 Å². The summed E-state index contributed by atoms with van der Waals surface area (Å²) in [4.78, 5) is 24.2. The van der Waals surface area contributed by atoms with Gasteiger partial charge in [0.1, 0.15) is 11.3 Å². The van der Waals surface area contributed by atoms with Crippen molar-refractivity contribution in [3.8, 4) is 17.1 Å². The topological polar surface area (TPSA) is 97.4 Å². The highest BCUT2D eigenvalue weighted by atomic mass is 35.5. The lowest BCUT2D eigenvalue weighted by molar-refractivity contribution is 0.0696. The highest BCUT2D eigenvalue weighted by Gasteiger charge is 2.22. The number of furan rings is 1. The second-order valence-electron chi connectivity index (χ2n) is 7.16. The molecule has 0 saturated heterocycles. The molecule has 5 rings (SSSR count). The van der Waals surface area contributed by atoms with Gasteiger partial charge >= 0.3 is 5.97 Å². The number of fused-ring (bicyclic) bond motifs is 1. The number of carbonyl (C=O) groups excluding carboxylic acids is 1. The number of amides is 1. The molecule has 0 bridgehead atoms. The van der Waals surface area contributed by atoms with Crippen LogP contribution in [0.15, 0.2) is 95.5 Å². The molecule has 0 aliphatic heterocycles. The predicted molar refractivity (Wildman–Crippen MR) is 127 cm³/mol. The van der Waals surface area contributed by atoms with E-state index in [1.807, 2.05) is 60.7 Å². The number of aromatic carboxylic acids is 1. The Balaban J connectivity index is 0.00000259. The monoisotopic (exact) mass is 459 g/mol. The van der Waals surface area contributed by atoms with Crippen molar-refractivity contribution in [3.63, 3.8) is 0 Å². The third kappa shape index (κ3) is 4.35. The molecule has 0 spiro atoms. The number of carboxylic acid groups (broad SMARTS) is 1. The standard InChI is InChI=1S/C25H17N3O4.ClH/c29-24(26-18-12-10-16(11-13-18)25(30)31)20-15-28(19-7-2-1-3-8-19)27-23(20)22-14-17-6-4-5-9-21(17)32-22;/h1-15H,(H,26,29)(H,30,31);1H. The first-order valence-electron chi connectivity index (χ1n) is 9.87. The molecule has 0 unspecified atom stereocenters. The van der Waals surface area contributed by atoms with Crippen molar-refractivity contribution in [1.29, 1.82) is 0 Å². The molecule has 0 saturated carbocycles. The molecule has 2 aromatic heterocycles. The lowest BCUT2D eigenvalue weighted by Gasteiger charge is -2.05. The SMILES string of the molecule is Cl.O=C(O)c1ccc(NC(=O)c2cn(-c3ccccc3)nc2-c2cc3ccccc3o2)cc1. The summed E-state index contributed by atoms with van der Waals surface area (Å²) in [6.07, 6.45) is 1.65. The second-order valence-corrected chi connectivity index (χ2v) is 7.16. The van der Waals surface area contributed by atoms with Crippen LogP contribution in [0.1, 0.15) is 20.7 Å². The third-order valence-corrected chi connectivity index (χ3v) is 5.03. The minimum Gasteiger partial charge on any atom is -0.478 e. The Kier molecular flexibility index (Phi) is 5.97. The number of anilines is 1. The Morgan fingerprint density at radius 3 is 2.30 bits per heavy atom. The molecule has 2 N–H and O–H groups in total. The Morgan fingerprint density at radius 2 is 1.61 bits per heavy atom. The molecule has 5 aromatic rings. The summed E-state index contributed by atoms with van der Waals surface area (Å²) in [5.41, 5.74) is 2.85. The smallest absolute Gasteiger partial charge is 0.335 e. The van der Waals surface area contributed by atoms with E-state index in [2.05, 4.69) is 10.4 Å². The summed E-state index contributed by atoms with van der Waals surface area (Å²) < 4.78 is 7.60. The third-order valence-electron chi connectivity index (χ3n) is 5.03. The fraction of sp³-hybridized carbons (Fsp3) is 0. The summed E-state index contributed by atoms with van der Waals surface area (Å²) in [6, 6.07) is 24.9. The van der Waals surface area contributed by atoms with Crippen LogP contribution in [0, 0.1) is 0 Å². The number of carboxylic acids is 1. The van der Waals surface area contributed by atoms with Crippen molar-refractivity contribution >= 4 is 40.9 Å². The molecule has 164 valence electrons. The molecule has 0 atom stereocenters. The zero-order valence-corrected chi connectivity index (χ0v) is 18.0. The van der Waals surface area contributed by atoms with Crippen LogP contribution in [0.5, 0.6) is 0 Å². The van der Waals surface area contributed by atoms with Crippen LogP contribution in [0.3, 0.4) is 0 Å². The van der Waals surface area contributed by atoms with Gasteiger partial charge in [-0.2, -0.15) is 5.10 Å². The van der Waals surface area contributed by atoms with Gasteiger partial charge in [-0.15, -0.1) is 12.4 Å². The van der Waals surface area contributed by atoms with E-state index < -0.39 is 5.97 Å². The molecule has 7 nitrogen and oxygen atoms in total. The maximum absolute atomic E-state index is 13.2. The molecule has 3 aromatic carbocycles. The predicted octanol–water partition coefficient (Wildman–Crippen LogP) is 5.66. The number of rotatable bonds is 5. The average Bonchev–Trinajstić information content (AvgIpc) is 3.44. The summed E-state index contributed by atoms with van der Waals surface area (Å²) in [5, 5.41) is 17.4. The zero-order valence-electron chi connectivity index (χ0n) is 17.1. The van der Waals surface area contributed by atoms with Gasteiger partial charge in [0, 0.05) is 17.3 Å². The Bertz CT molecular complexity index is 1410. The molecule has 0 fully saturated rings. The van der Waals surface area contributed by atoms with E-state index in [4.69, 9.17) is 9.52 Å². The molecule has 0 aliphatic carbocycles.